The maximum atomic E-state index is 14.4. The van der Waals surface area contributed by atoms with Crippen molar-refractivity contribution in [3.63, 3.8) is 0 Å². The lowest BCUT2D eigenvalue weighted by Gasteiger charge is -2.33. The van der Waals surface area contributed by atoms with E-state index in [1.165, 1.54) is 12.0 Å². The summed E-state index contributed by atoms with van der Waals surface area (Å²) >= 11 is 0. The molecule has 0 spiro atoms. The second-order valence-corrected chi connectivity index (χ2v) is 13.4. The monoisotopic (exact) mass is 658 g/mol. The molecule has 2 aromatic carbocycles. The number of cyclic esters (lactones) is 1. The molecule has 4 rings (SSSR count). The normalized spacial score (nSPS) is 28.4. The number of likely N-dealkylation sites (N-methyl/N-ethyl adjacent to an activating group) is 1. The van der Waals surface area contributed by atoms with Gasteiger partial charge in [-0.25, -0.2) is 4.79 Å². The number of benzene rings is 2. The number of aromatic amines is 1. The minimum absolute atomic E-state index is 0.0214. The van der Waals surface area contributed by atoms with Crippen molar-refractivity contribution in [2.45, 2.75) is 78.6 Å². The van der Waals surface area contributed by atoms with Gasteiger partial charge in [0.2, 0.25) is 17.7 Å². The van der Waals surface area contributed by atoms with Gasteiger partial charge >= 0.3 is 5.97 Å². The summed E-state index contributed by atoms with van der Waals surface area (Å²) in [6.45, 7) is 11.6. The highest BCUT2D eigenvalue weighted by atomic mass is 16.6. The number of allylic oxidation sites excluding steroid dienone is 2. The van der Waals surface area contributed by atoms with Gasteiger partial charge in [-0.2, -0.15) is 0 Å². The van der Waals surface area contributed by atoms with Crippen LogP contribution in [-0.2, 0) is 35.1 Å². The number of H-pyrrole nitrogens is 1. The molecule has 0 aliphatic carbocycles. The quantitative estimate of drug-likeness (QED) is 0.267. The number of hydrogen-bond acceptors (Lipinski definition) is 6. The molecule has 0 bridgehead atoms. The molecule has 1 aromatic heterocycles. The molecule has 0 radical (unpaired) electrons. The Hall–Kier alpha value is -4.44. The predicted octanol–water partition coefficient (Wildman–Crippen LogP) is 5.02. The fourth-order valence-corrected chi connectivity index (χ4v) is 6.22. The number of hydrogen-bond donors (Lipinski definition) is 3. The van der Waals surface area contributed by atoms with Crippen molar-refractivity contribution in [2.24, 2.45) is 17.8 Å². The predicted molar refractivity (Wildman–Crippen MR) is 186 cm³/mol. The first-order valence-electron chi connectivity index (χ1n) is 16.7. The van der Waals surface area contributed by atoms with Crippen LogP contribution in [0.2, 0.25) is 0 Å². The summed E-state index contributed by atoms with van der Waals surface area (Å²) in [5.41, 5.74) is 4.43. The molecule has 1 aliphatic heterocycles. The van der Waals surface area contributed by atoms with Crippen LogP contribution in [0.15, 0.2) is 66.4 Å². The van der Waals surface area contributed by atoms with Crippen LogP contribution in [0.25, 0.3) is 10.9 Å². The van der Waals surface area contributed by atoms with E-state index in [2.05, 4.69) is 21.7 Å². The molecule has 3 aromatic rings. The highest BCUT2D eigenvalue weighted by Crippen LogP contribution is 2.26. The number of carbonyl (C=O) groups is 4. The van der Waals surface area contributed by atoms with Crippen molar-refractivity contribution in [3.8, 4) is 0 Å². The Kier molecular flexibility index (Phi) is 12.2. The van der Waals surface area contributed by atoms with Crippen LogP contribution in [0, 0.1) is 24.7 Å². The molecule has 0 saturated heterocycles. The Labute approximate surface area is 283 Å². The Morgan fingerprint density at radius 1 is 0.917 bits per heavy atom. The molecule has 258 valence electrons. The van der Waals surface area contributed by atoms with E-state index in [1.54, 1.807) is 14.0 Å². The van der Waals surface area contributed by atoms with E-state index in [0.717, 1.165) is 27.6 Å². The van der Waals surface area contributed by atoms with Gasteiger partial charge in [0.25, 0.3) is 0 Å². The summed E-state index contributed by atoms with van der Waals surface area (Å²) in [5, 5.41) is 6.85. The molecular formula is C38H50N4O6. The zero-order valence-corrected chi connectivity index (χ0v) is 29.3. The van der Waals surface area contributed by atoms with Gasteiger partial charge < -0.3 is 30.0 Å². The third-order valence-corrected chi connectivity index (χ3v) is 9.47. The summed E-state index contributed by atoms with van der Waals surface area (Å²) in [4.78, 5) is 59.8. The minimum Gasteiger partial charge on any atom is -0.463 e. The number of methoxy groups -OCH3 is 1. The molecule has 10 heteroatoms. The van der Waals surface area contributed by atoms with Gasteiger partial charge in [0.05, 0.1) is 12.6 Å². The number of aromatic nitrogens is 1. The summed E-state index contributed by atoms with van der Waals surface area (Å²) in [5.74, 6) is -2.09. The van der Waals surface area contributed by atoms with E-state index < -0.39 is 42.0 Å². The number of carbonyl (C=O) groups excluding carboxylic acids is 4. The number of nitrogens with one attached hydrogen (secondary N) is 3. The van der Waals surface area contributed by atoms with Crippen molar-refractivity contribution in [2.75, 3.05) is 20.8 Å². The summed E-state index contributed by atoms with van der Waals surface area (Å²) in [6.07, 6.45) is 3.46. The van der Waals surface area contributed by atoms with E-state index in [0.29, 0.717) is 12.0 Å². The number of para-hydroxylation sites is 1. The van der Waals surface area contributed by atoms with E-state index in [1.807, 2.05) is 89.3 Å². The van der Waals surface area contributed by atoms with Crippen LogP contribution in [0.5, 0.6) is 0 Å². The third kappa shape index (κ3) is 8.72. The zero-order chi connectivity index (χ0) is 35.1. The average Bonchev–Trinajstić information content (AvgIpc) is 3.47. The van der Waals surface area contributed by atoms with Crippen molar-refractivity contribution in [1.29, 1.82) is 0 Å². The van der Waals surface area contributed by atoms with Crippen molar-refractivity contribution < 1.29 is 28.7 Å². The maximum absolute atomic E-state index is 14.4. The van der Waals surface area contributed by atoms with Gasteiger partial charge in [0, 0.05) is 43.6 Å². The van der Waals surface area contributed by atoms with Crippen molar-refractivity contribution in [3.05, 3.63) is 83.1 Å². The van der Waals surface area contributed by atoms with Gasteiger partial charge in [-0.05, 0) is 56.2 Å². The fraction of sp³-hybridized carbons (Fsp3) is 0.474. The highest BCUT2D eigenvalue weighted by Gasteiger charge is 2.37. The number of ether oxygens (including phenoxy) is 2. The summed E-state index contributed by atoms with van der Waals surface area (Å²) < 4.78 is 11.6. The van der Waals surface area contributed by atoms with Gasteiger partial charge in [-0.15, -0.1) is 0 Å². The zero-order valence-electron chi connectivity index (χ0n) is 29.3. The number of amides is 3. The smallest absolute Gasteiger partial charge is 0.337 e. The number of rotatable bonds is 4. The van der Waals surface area contributed by atoms with Crippen molar-refractivity contribution in [1.82, 2.24) is 20.5 Å². The standard InChI is InChI=1S/C38H50N4O6/c1-22-13-15-28(16-14-22)33-34(47-8)38(46)48-21-26(5)24(3)17-23(2)18-25(4)35(43)40-27(6)37(45)42(7)32(36(44)41-33)19-29-20-39-31-12-10-9-11-30(29)31/h9-17,20,24-27,32-34,39H,18-19,21H2,1-8H3,(H,40,43)(H,41,44)/b23-17+/t24-,25+,26+,27+,32-,33+,34+/m1/s1. The Morgan fingerprint density at radius 2 is 1.60 bits per heavy atom. The first kappa shape index (κ1) is 36.4. The summed E-state index contributed by atoms with van der Waals surface area (Å²) in [7, 11) is 2.98. The van der Waals surface area contributed by atoms with Crippen LogP contribution >= 0.6 is 0 Å². The maximum Gasteiger partial charge on any atom is 0.337 e. The Bertz CT molecular complexity index is 1630. The number of fused-ring (bicyclic) bond motifs is 1. The van der Waals surface area contributed by atoms with Gasteiger partial charge in [-0.1, -0.05) is 80.4 Å². The molecule has 0 fully saturated rings. The highest BCUT2D eigenvalue weighted by molar-refractivity contribution is 5.93. The van der Waals surface area contributed by atoms with E-state index in [9.17, 15) is 19.2 Å². The van der Waals surface area contributed by atoms with Crippen LogP contribution in [0.3, 0.4) is 0 Å². The molecule has 0 unspecified atom stereocenters. The van der Waals surface area contributed by atoms with Crippen LogP contribution in [-0.4, -0.2) is 72.5 Å². The molecule has 3 N–H and O–H groups in total. The SMILES string of the molecule is CO[C@@H]1C(=O)OC[C@H](C)[C@H](C)/C=C(\C)C[C@H](C)C(=O)N[C@@H](C)C(=O)N(C)[C@H](Cc2c[nH]c3ccccc23)C(=O)N[C@H]1c1ccc(C)cc1. The molecule has 3 amide bonds. The second kappa shape index (κ2) is 16.1. The van der Waals surface area contributed by atoms with E-state index >= 15 is 0 Å². The van der Waals surface area contributed by atoms with Crippen LogP contribution in [0.1, 0.15) is 63.8 Å². The van der Waals surface area contributed by atoms with E-state index in [4.69, 9.17) is 9.47 Å². The molecule has 0 saturated carbocycles. The molecule has 1 aliphatic rings. The van der Waals surface area contributed by atoms with Crippen LogP contribution < -0.4 is 10.6 Å². The first-order chi connectivity index (χ1) is 22.8. The van der Waals surface area contributed by atoms with Crippen LogP contribution in [0.4, 0.5) is 0 Å². The molecular weight excluding hydrogens is 608 g/mol. The second-order valence-electron chi connectivity index (χ2n) is 13.4. The number of esters is 1. The topological polar surface area (TPSA) is 130 Å². The van der Waals surface area contributed by atoms with E-state index in [-0.39, 0.29) is 36.7 Å². The largest absolute Gasteiger partial charge is 0.463 e. The molecule has 7 atom stereocenters. The fourth-order valence-electron chi connectivity index (χ4n) is 6.22. The molecule has 48 heavy (non-hydrogen) atoms. The minimum atomic E-state index is -1.16. The third-order valence-electron chi connectivity index (χ3n) is 9.47. The lowest BCUT2D eigenvalue weighted by Crippen LogP contribution is -2.56. The number of aryl methyl sites for hydroxylation is 1. The summed E-state index contributed by atoms with van der Waals surface area (Å²) in [6, 6.07) is 12.4. The van der Waals surface area contributed by atoms with Gasteiger partial charge in [0.1, 0.15) is 12.1 Å². The van der Waals surface area contributed by atoms with Gasteiger partial charge in [0.15, 0.2) is 6.10 Å². The van der Waals surface area contributed by atoms with Crippen molar-refractivity contribution >= 4 is 34.6 Å². The lowest BCUT2D eigenvalue weighted by molar-refractivity contribution is -0.159. The molecule has 2 heterocycles. The Balaban J connectivity index is 1.77. The van der Waals surface area contributed by atoms with Gasteiger partial charge in [-0.3, -0.25) is 14.4 Å². The average molecular weight is 659 g/mol. The number of nitrogens with zero attached hydrogens (tertiary/aromatic N) is 1. The molecule has 10 nitrogen and oxygen atoms in total. The lowest BCUT2D eigenvalue weighted by atomic mass is 9.91. The first-order valence-corrected chi connectivity index (χ1v) is 16.7. The Morgan fingerprint density at radius 3 is 2.29 bits per heavy atom.